The van der Waals surface area contributed by atoms with Crippen molar-refractivity contribution in [1.82, 2.24) is 14.9 Å². The largest absolute Gasteiger partial charge is 0.505 e. The van der Waals surface area contributed by atoms with Crippen molar-refractivity contribution in [3.8, 4) is 5.75 Å². The van der Waals surface area contributed by atoms with Crippen LogP contribution in [0.1, 0.15) is 63.6 Å². The number of carbonyl (C=O) groups excluding carboxylic acids is 1. The Balaban J connectivity index is 1.74. The van der Waals surface area contributed by atoms with E-state index >= 15 is 0 Å². The molecule has 0 saturated carbocycles. The van der Waals surface area contributed by atoms with Crippen molar-refractivity contribution in [2.24, 2.45) is 0 Å². The van der Waals surface area contributed by atoms with Crippen LogP contribution >= 0.6 is 11.6 Å². The van der Waals surface area contributed by atoms with Gasteiger partial charge in [0.15, 0.2) is 5.75 Å². The van der Waals surface area contributed by atoms with E-state index in [4.69, 9.17) is 16.3 Å². The molecule has 7 nitrogen and oxygen atoms in total. The van der Waals surface area contributed by atoms with Gasteiger partial charge in [-0.3, -0.25) is 0 Å². The Morgan fingerprint density at radius 3 is 2.29 bits per heavy atom. The van der Waals surface area contributed by atoms with Crippen LogP contribution in [0.2, 0.25) is 5.02 Å². The number of piperidine rings is 1. The number of likely N-dealkylation sites (tertiary alicyclic amines) is 1. The lowest BCUT2D eigenvalue weighted by molar-refractivity contribution is -0.137. The van der Waals surface area contributed by atoms with Crippen LogP contribution in [0.15, 0.2) is 60.9 Å². The molecule has 2 aromatic carbocycles. The monoisotopic (exact) mass is 604 g/mol. The van der Waals surface area contributed by atoms with Crippen molar-refractivity contribution in [3.63, 3.8) is 0 Å². The number of hydrogen-bond donors (Lipinski definition) is 1. The van der Waals surface area contributed by atoms with E-state index in [1.54, 1.807) is 0 Å². The average Bonchev–Trinajstić information content (AvgIpc) is 2.90. The molecule has 4 rings (SSSR count). The van der Waals surface area contributed by atoms with Gasteiger partial charge in [-0.25, -0.2) is 14.8 Å². The van der Waals surface area contributed by atoms with Crippen molar-refractivity contribution in [2.75, 3.05) is 4.90 Å². The number of alkyl halides is 3. The molecule has 3 atom stereocenters. The van der Waals surface area contributed by atoms with E-state index in [-0.39, 0.29) is 41.4 Å². The number of rotatable bonds is 7. The maximum Gasteiger partial charge on any atom is 0.416 e. The van der Waals surface area contributed by atoms with Gasteiger partial charge in [-0.15, -0.1) is 0 Å². The first kappa shape index (κ1) is 31.4. The summed E-state index contributed by atoms with van der Waals surface area (Å²) in [5.41, 5.74) is -0.139. The van der Waals surface area contributed by atoms with E-state index in [2.05, 4.69) is 9.97 Å². The fraction of sp³-hybridized carbons (Fsp3) is 0.452. The Kier molecular flexibility index (Phi) is 9.55. The standard InChI is InChI=1S/C31H36ClF3N4O3/c1-5-24-15-25(16-26(13-20-9-7-6-8-10-20)39(24)29(41)42-30(2,3)4)38(28-36-17-27(40)18-37-28)19-21-11-22(31(33,34)35)14-23(32)12-21/h6-12,14,17-18,24-26,40H,5,13,15-16,19H2,1-4H3/t24-,25+,26+/m1/s1. The van der Waals surface area contributed by atoms with Gasteiger partial charge in [0.2, 0.25) is 5.95 Å². The van der Waals surface area contributed by atoms with Crippen LogP contribution in [0.25, 0.3) is 0 Å². The summed E-state index contributed by atoms with van der Waals surface area (Å²) in [6.07, 6.45) is -0.253. The molecule has 0 aliphatic carbocycles. The van der Waals surface area contributed by atoms with Crippen LogP contribution < -0.4 is 4.90 Å². The Labute approximate surface area is 249 Å². The summed E-state index contributed by atoms with van der Waals surface area (Å²) in [5.74, 6) is 0.124. The number of amides is 1. The van der Waals surface area contributed by atoms with Crippen molar-refractivity contribution < 1.29 is 27.8 Å². The Morgan fingerprint density at radius 2 is 1.69 bits per heavy atom. The van der Waals surface area contributed by atoms with Crippen LogP contribution in [-0.2, 0) is 23.9 Å². The molecule has 1 saturated heterocycles. The summed E-state index contributed by atoms with van der Waals surface area (Å²) in [7, 11) is 0. The van der Waals surface area contributed by atoms with Gasteiger partial charge >= 0.3 is 12.3 Å². The topological polar surface area (TPSA) is 78.8 Å². The molecule has 0 spiro atoms. The van der Waals surface area contributed by atoms with E-state index in [9.17, 15) is 23.1 Å². The van der Waals surface area contributed by atoms with Crippen molar-refractivity contribution in [3.05, 3.63) is 82.6 Å². The van der Waals surface area contributed by atoms with Gasteiger partial charge in [-0.2, -0.15) is 13.2 Å². The zero-order valence-electron chi connectivity index (χ0n) is 24.1. The molecule has 1 amide bonds. The van der Waals surface area contributed by atoms with Crippen LogP contribution in [0.4, 0.5) is 23.9 Å². The quantitative estimate of drug-likeness (QED) is 0.298. The molecule has 1 aliphatic heterocycles. The van der Waals surface area contributed by atoms with Gasteiger partial charge in [0.05, 0.1) is 18.0 Å². The van der Waals surface area contributed by atoms with E-state index in [0.717, 1.165) is 17.7 Å². The lowest BCUT2D eigenvalue weighted by atomic mass is 9.86. The Hall–Kier alpha value is -3.53. The first-order valence-electron chi connectivity index (χ1n) is 13.9. The van der Waals surface area contributed by atoms with Gasteiger partial charge in [0.1, 0.15) is 5.60 Å². The van der Waals surface area contributed by atoms with E-state index in [1.807, 2.05) is 67.8 Å². The van der Waals surface area contributed by atoms with Crippen LogP contribution in [0, 0.1) is 0 Å². The highest BCUT2D eigenvalue weighted by Crippen LogP contribution is 2.36. The number of anilines is 1. The molecular formula is C31H36ClF3N4O3. The second kappa shape index (κ2) is 12.8. The SMILES string of the molecule is CC[C@@H]1C[C@H](N(Cc2cc(Cl)cc(C(F)(F)F)c2)c2ncc(O)cn2)C[C@H](Cc2ccccc2)N1C(=O)OC(C)(C)C. The van der Waals surface area contributed by atoms with Crippen LogP contribution in [0.5, 0.6) is 5.75 Å². The van der Waals surface area contributed by atoms with Gasteiger partial charge < -0.3 is 19.6 Å². The number of carbonyl (C=O) groups is 1. The molecule has 0 radical (unpaired) electrons. The molecule has 1 aromatic heterocycles. The van der Waals surface area contributed by atoms with E-state index in [1.165, 1.54) is 18.5 Å². The van der Waals surface area contributed by atoms with Crippen molar-refractivity contribution >= 4 is 23.6 Å². The molecule has 1 fully saturated rings. The van der Waals surface area contributed by atoms with Crippen LogP contribution in [-0.4, -0.2) is 49.8 Å². The summed E-state index contributed by atoms with van der Waals surface area (Å²) in [5, 5.41) is 9.80. The number of ether oxygens (including phenoxy) is 1. The molecule has 1 N–H and O–H groups in total. The number of nitrogens with zero attached hydrogens (tertiary/aromatic N) is 4. The summed E-state index contributed by atoms with van der Waals surface area (Å²) in [6, 6.07) is 12.6. The second-order valence-corrected chi connectivity index (χ2v) is 12.1. The number of benzene rings is 2. The smallest absolute Gasteiger partial charge is 0.416 e. The number of aromatic hydroxyl groups is 1. The molecule has 11 heteroatoms. The second-order valence-electron chi connectivity index (χ2n) is 11.6. The van der Waals surface area contributed by atoms with Crippen molar-refractivity contribution in [1.29, 1.82) is 0 Å². The molecule has 0 unspecified atom stereocenters. The first-order valence-corrected chi connectivity index (χ1v) is 14.3. The van der Waals surface area contributed by atoms with Crippen molar-refractivity contribution in [2.45, 2.75) is 89.8 Å². The number of hydrogen-bond acceptors (Lipinski definition) is 6. The first-order chi connectivity index (χ1) is 19.7. The minimum Gasteiger partial charge on any atom is -0.505 e. The predicted molar refractivity (Wildman–Crippen MR) is 155 cm³/mol. The van der Waals surface area contributed by atoms with Gasteiger partial charge in [0, 0.05) is 29.7 Å². The average molecular weight is 605 g/mol. The highest BCUT2D eigenvalue weighted by Gasteiger charge is 2.42. The maximum atomic E-state index is 13.6. The summed E-state index contributed by atoms with van der Waals surface area (Å²) >= 11 is 6.12. The minimum absolute atomic E-state index is 0.0282. The van der Waals surface area contributed by atoms with E-state index < -0.39 is 23.4 Å². The normalized spacial score (nSPS) is 19.4. The summed E-state index contributed by atoms with van der Waals surface area (Å²) in [6.45, 7) is 7.52. The lowest BCUT2D eigenvalue weighted by Gasteiger charge is -2.48. The van der Waals surface area contributed by atoms with Gasteiger partial charge in [0.25, 0.3) is 0 Å². The fourth-order valence-electron chi connectivity index (χ4n) is 5.48. The zero-order chi connectivity index (χ0) is 30.7. The van der Waals surface area contributed by atoms with Gasteiger partial charge in [-0.1, -0.05) is 48.9 Å². The minimum atomic E-state index is -4.56. The molecule has 0 bridgehead atoms. The third kappa shape index (κ3) is 8.06. The van der Waals surface area contributed by atoms with Crippen LogP contribution in [0.3, 0.4) is 0 Å². The van der Waals surface area contributed by atoms with E-state index in [0.29, 0.717) is 31.2 Å². The number of halogens is 4. The molecule has 1 aliphatic rings. The predicted octanol–water partition coefficient (Wildman–Crippen LogP) is 7.65. The molecular weight excluding hydrogens is 569 g/mol. The Morgan fingerprint density at radius 1 is 1.05 bits per heavy atom. The molecule has 42 heavy (non-hydrogen) atoms. The number of aromatic nitrogens is 2. The maximum absolute atomic E-state index is 13.6. The Bertz CT molecular complexity index is 1350. The third-order valence-corrected chi connectivity index (χ3v) is 7.44. The molecule has 226 valence electrons. The zero-order valence-corrected chi connectivity index (χ0v) is 24.9. The molecule has 2 heterocycles. The summed E-state index contributed by atoms with van der Waals surface area (Å²) in [4.78, 5) is 25.8. The van der Waals surface area contributed by atoms with Gasteiger partial charge in [-0.05, 0) is 75.8 Å². The highest BCUT2D eigenvalue weighted by atomic mass is 35.5. The third-order valence-electron chi connectivity index (χ3n) is 7.22. The fourth-order valence-corrected chi connectivity index (χ4v) is 5.73. The lowest BCUT2D eigenvalue weighted by Crippen LogP contribution is -2.58. The molecule has 3 aromatic rings. The summed E-state index contributed by atoms with van der Waals surface area (Å²) < 4.78 is 46.7. The highest BCUT2D eigenvalue weighted by molar-refractivity contribution is 6.30.